The Morgan fingerprint density at radius 2 is 2.00 bits per heavy atom. The maximum absolute atomic E-state index is 12.5. The summed E-state index contributed by atoms with van der Waals surface area (Å²) in [5, 5.41) is 12.2. The van der Waals surface area contributed by atoms with Crippen molar-refractivity contribution in [2.75, 3.05) is 13.1 Å². The lowest BCUT2D eigenvalue weighted by atomic mass is 9.97. The van der Waals surface area contributed by atoms with Crippen molar-refractivity contribution >= 4 is 11.6 Å². The molecule has 3 aliphatic rings. The molecule has 0 spiro atoms. The molecule has 1 amide bonds. The molecule has 2 aliphatic carbocycles. The highest BCUT2D eigenvalue weighted by molar-refractivity contribution is 5.90. The van der Waals surface area contributed by atoms with Crippen molar-refractivity contribution in [1.29, 1.82) is 0 Å². The van der Waals surface area contributed by atoms with Crippen molar-refractivity contribution in [3.05, 3.63) is 0 Å². The Balaban J connectivity index is 1.61. The highest BCUT2D eigenvalue weighted by Crippen LogP contribution is 2.56. The monoisotopic (exact) mass is 250 g/mol. The smallest absolute Gasteiger partial charge is 0.226 e. The number of fused-ring (bicyclic) bond motifs is 1. The Morgan fingerprint density at radius 3 is 2.56 bits per heavy atom. The number of hydrogen-bond acceptors (Lipinski definition) is 3. The lowest BCUT2D eigenvalue weighted by molar-refractivity contribution is -0.133. The van der Waals surface area contributed by atoms with Gasteiger partial charge in [0.2, 0.25) is 5.91 Å². The van der Waals surface area contributed by atoms with Crippen LogP contribution in [-0.4, -0.2) is 34.8 Å². The SMILES string of the molecule is CC1CN(C(=O)C2C3CCCCC32)CCC1=NO. The molecule has 3 fully saturated rings. The van der Waals surface area contributed by atoms with Crippen molar-refractivity contribution in [2.45, 2.75) is 39.0 Å². The normalized spacial score (nSPS) is 41.6. The molecule has 0 aromatic heterocycles. The van der Waals surface area contributed by atoms with Crippen molar-refractivity contribution in [1.82, 2.24) is 4.90 Å². The molecule has 1 saturated heterocycles. The Bertz CT molecular complexity index is 368. The fourth-order valence-electron chi connectivity index (χ4n) is 3.94. The zero-order valence-electron chi connectivity index (χ0n) is 11.0. The molecule has 3 atom stereocenters. The largest absolute Gasteiger partial charge is 0.411 e. The molecule has 0 radical (unpaired) electrons. The van der Waals surface area contributed by atoms with Crippen molar-refractivity contribution in [3.8, 4) is 0 Å². The lowest BCUT2D eigenvalue weighted by Crippen LogP contribution is -2.44. The first-order valence-electron chi connectivity index (χ1n) is 7.22. The van der Waals surface area contributed by atoms with Crippen molar-refractivity contribution in [2.24, 2.45) is 28.8 Å². The second-order valence-corrected chi connectivity index (χ2v) is 6.16. The molecule has 2 saturated carbocycles. The van der Waals surface area contributed by atoms with Gasteiger partial charge >= 0.3 is 0 Å². The number of amides is 1. The summed E-state index contributed by atoms with van der Waals surface area (Å²) in [4.78, 5) is 14.5. The van der Waals surface area contributed by atoms with Gasteiger partial charge in [-0.25, -0.2) is 0 Å². The molecular formula is C14H22N2O2. The van der Waals surface area contributed by atoms with E-state index in [2.05, 4.69) is 5.16 Å². The topological polar surface area (TPSA) is 52.9 Å². The van der Waals surface area contributed by atoms with Crippen LogP contribution < -0.4 is 0 Å². The van der Waals surface area contributed by atoms with Gasteiger partial charge in [-0.3, -0.25) is 4.79 Å². The number of nitrogens with zero attached hydrogens (tertiary/aromatic N) is 2. The highest BCUT2D eigenvalue weighted by atomic mass is 16.4. The van der Waals surface area contributed by atoms with E-state index in [9.17, 15) is 4.79 Å². The van der Waals surface area contributed by atoms with Gasteiger partial charge in [-0.2, -0.15) is 0 Å². The molecule has 3 unspecified atom stereocenters. The molecule has 0 aromatic rings. The molecule has 4 heteroatoms. The average molecular weight is 250 g/mol. The number of carbonyl (C=O) groups is 1. The first-order chi connectivity index (χ1) is 8.72. The molecule has 1 aliphatic heterocycles. The van der Waals surface area contributed by atoms with E-state index in [-0.39, 0.29) is 5.92 Å². The lowest BCUT2D eigenvalue weighted by Gasteiger charge is -2.31. The van der Waals surface area contributed by atoms with Crippen LogP contribution in [-0.2, 0) is 4.79 Å². The Hall–Kier alpha value is -1.06. The third-order valence-electron chi connectivity index (χ3n) is 5.08. The van der Waals surface area contributed by atoms with Crippen LogP contribution in [0.4, 0.5) is 0 Å². The zero-order chi connectivity index (χ0) is 12.7. The van der Waals surface area contributed by atoms with E-state index in [0.717, 1.165) is 25.2 Å². The van der Waals surface area contributed by atoms with Crippen molar-refractivity contribution in [3.63, 3.8) is 0 Å². The Morgan fingerprint density at radius 1 is 1.33 bits per heavy atom. The fraction of sp³-hybridized carbons (Fsp3) is 0.857. The third-order valence-corrected chi connectivity index (χ3v) is 5.08. The van der Waals surface area contributed by atoms with Gasteiger partial charge in [-0.1, -0.05) is 24.9 Å². The minimum Gasteiger partial charge on any atom is -0.411 e. The van der Waals surface area contributed by atoms with Gasteiger partial charge in [-0.05, 0) is 24.7 Å². The summed E-state index contributed by atoms with van der Waals surface area (Å²) in [5.74, 6) is 2.28. The number of hydrogen-bond donors (Lipinski definition) is 1. The number of piperidine rings is 1. The molecule has 18 heavy (non-hydrogen) atoms. The summed E-state index contributed by atoms with van der Waals surface area (Å²) >= 11 is 0. The van der Waals surface area contributed by atoms with Gasteiger partial charge in [0.05, 0.1) is 5.71 Å². The summed E-state index contributed by atoms with van der Waals surface area (Å²) in [6.07, 6.45) is 5.86. The summed E-state index contributed by atoms with van der Waals surface area (Å²) in [6.45, 7) is 3.50. The predicted molar refractivity (Wildman–Crippen MR) is 68.5 cm³/mol. The van der Waals surface area contributed by atoms with Gasteiger partial charge in [0.1, 0.15) is 0 Å². The molecule has 0 bridgehead atoms. The number of oxime groups is 1. The minimum absolute atomic E-state index is 0.202. The highest BCUT2D eigenvalue weighted by Gasteiger charge is 2.55. The van der Waals surface area contributed by atoms with Gasteiger partial charge < -0.3 is 10.1 Å². The second-order valence-electron chi connectivity index (χ2n) is 6.16. The van der Waals surface area contributed by atoms with Crippen molar-refractivity contribution < 1.29 is 10.0 Å². The van der Waals surface area contributed by atoms with E-state index < -0.39 is 0 Å². The van der Waals surface area contributed by atoms with E-state index >= 15 is 0 Å². The number of carbonyl (C=O) groups excluding carboxylic acids is 1. The molecule has 0 aromatic carbocycles. The molecule has 3 rings (SSSR count). The van der Waals surface area contributed by atoms with Gasteiger partial charge in [0, 0.05) is 31.3 Å². The number of rotatable bonds is 1. The summed E-state index contributed by atoms with van der Waals surface area (Å²) in [6, 6.07) is 0. The van der Waals surface area contributed by atoms with Gasteiger partial charge in [0.25, 0.3) is 0 Å². The van der Waals surface area contributed by atoms with Crippen LogP contribution in [0.2, 0.25) is 0 Å². The molecule has 4 nitrogen and oxygen atoms in total. The van der Waals surface area contributed by atoms with E-state index in [0.29, 0.717) is 23.7 Å². The summed E-state index contributed by atoms with van der Waals surface area (Å²) in [7, 11) is 0. The van der Waals surface area contributed by atoms with E-state index in [1.54, 1.807) is 0 Å². The second kappa shape index (κ2) is 4.56. The van der Waals surface area contributed by atoms with Gasteiger partial charge in [-0.15, -0.1) is 0 Å². The van der Waals surface area contributed by atoms with E-state index in [1.165, 1.54) is 25.7 Å². The molecule has 1 N–H and O–H groups in total. The standard InChI is InChI=1S/C14H22N2O2/c1-9-8-16(7-6-12(9)15-18)14(17)13-10-4-2-3-5-11(10)13/h9-11,13,18H,2-8H2,1H3. The van der Waals surface area contributed by atoms with Crippen LogP contribution in [0, 0.1) is 23.7 Å². The molecular weight excluding hydrogens is 228 g/mol. The fourth-order valence-corrected chi connectivity index (χ4v) is 3.94. The first-order valence-corrected chi connectivity index (χ1v) is 7.22. The average Bonchev–Trinajstić information content (AvgIpc) is 3.12. The number of likely N-dealkylation sites (tertiary alicyclic amines) is 1. The van der Waals surface area contributed by atoms with Crippen LogP contribution in [0.3, 0.4) is 0 Å². The maximum atomic E-state index is 12.5. The minimum atomic E-state index is 0.202. The van der Waals surface area contributed by atoms with Crippen LogP contribution in [0.25, 0.3) is 0 Å². The zero-order valence-corrected chi connectivity index (χ0v) is 11.0. The quantitative estimate of drug-likeness (QED) is 0.572. The summed E-state index contributed by atoms with van der Waals surface area (Å²) < 4.78 is 0. The van der Waals surface area contributed by atoms with E-state index in [1.807, 2.05) is 11.8 Å². The van der Waals surface area contributed by atoms with Crippen LogP contribution in [0.15, 0.2) is 5.16 Å². The van der Waals surface area contributed by atoms with Gasteiger partial charge in [0.15, 0.2) is 0 Å². The Kier molecular flexibility index (Phi) is 3.04. The predicted octanol–water partition coefficient (Wildman–Crippen LogP) is 2.12. The Labute approximate surface area is 108 Å². The molecule has 100 valence electrons. The molecule has 1 heterocycles. The summed E-state index contributed by atoms with van der Waals surface area (Å²) in [5.41, 5.74) is 0.840. The van der Waals surface area contributed by atoms with Crippen LogP contribution >= 0.6 is 0 Å². The van der Waals surface area contributed by atoms with Crippen LogP contribution in [0.1, 0.15) is 39.0 Å². The van der Waals surface area contributed by atoms with Crippen LogP contribution in [0.5, 0.6) is 0 Å². The van der Waals surface area contributed by atoms with E-state index in [4.69, 9.17) is 5.21 Å². The maximum Gasteiger partial charge on any atom is 0.226 e. The first kappa shape index (κ1) is 12.0. The third kappa shape index (κ3) is 1.91.